The first-order valence-corrected chi connectivity index (χ1v) is 9.33. The average Bonchev–Trinajstić information content (AvgIpc) is 3.18. The van der Waals surface area contributed by atoms with Crippen LogP contribution in [0.15, 0.2) is 48.8 Å². The van der Waals surface area contributed by atoms with Gasteiger partial charge in [0, 0.05) is 37.9 Å². The molecule has 0 atom stereocenters. The molecule has 3 aromatic rings. The largest absolute Gasteiger partial charge is 0.352 e. The molecule has 2 aromatic heterocycles. The number of pyridine rings is 1. The van der Waals surface area contributed by atoms with Crippen LogP contribution >= 0.6 is 23.2 Å². The first kappa shape index (κ1) is 17.8. The van der Waals surface area contributed by atoms with Crippen LogP contribution in [0.2, 0.25) is 10.0 Å². The first-order valence-electron chi connectivity index (χ1n) is 8.57. The molecule has 0 saturated carbocycles. The molecule has 8 heteroatoms. The summed E-state index contributed by atoms with van der Waals surface area (Å²) in [5, 5.41) is 8.04. The van der Waals surface area contributed by atoms with Crippen molar-refractivity contribution in [2.45, 2.75) is 0 Å². The molecule has 1 fully saturated rings. The molecule has 0 bridgehead atoms. The predicted molar refractivity (Wildman–Crippen MR) is 106 cm³/mol. The van der Waals surface area contributed by atoms with E-state index < -0.39 is 0 Å². The molecule has 6 nitrogen and oxygen atoms in total. The number of H-pyrrole nitrogens is 1. The summed E-state index contributed by atoms with van der Waals surface area (Å²) in [5.74, 6) is 0.666. The highest BCUT2D eigenvalue weighted by molar-refractivity contribution is 6.36. The minimum Gasteiger partial charge on any atom is -0.352 e. The second kappa shape index (κ2) is 7.58. The van der Waals surface area contributed by atoms with E-state index in [2.05, 4.69) is 20.1 Å². The van der Waals surface area contributed by atoms with E-state index in [-0.39, 0.29) is 5.91 Å². The Labute approximate surface area is 166 Å². The maximum Gasteiger partial charge on any atom is 0.257 e. The van der Waals surface area contributed by atoms with Gasteiger partial charge in [0.25, 0.3) is 5.91 Å². The molecular weight excluding hydrogens is 385 g/mol. The third-order valence-corrected chi connectivity index (χ3v) is 5.07. The Morgan fingerprint density at radius 2 is 1.78 bits per heavy atom. The van der Waals surface area contributed by atoms with Gasteiger partial charge in [-0.05, 0) is 6.07 Å². The van der Waals surface area contributed by atoms with Crippen LogP contribution in [0.4, 0.5) is 5.82 Å². The lowest BCUT2D eigenvalue weighted by atomic mass is 10.1. The van der Waals surface area contributed by atoms with Gasteiger partial charge in [-0.2, -0.15) is 5.10 Å². The van der Waals surface area contributed by atoms with Crippen molar-refractivity contribution in [1.29, 1.82) is 0 Å². The van der Waals surface area contributed by atoms with E-state index >= 15 is 0 Å². The van der Waals surface area contributed by atoms with Crippen molar-refractivity contribution in [3.05, 3.63) is 64.4 Å². The lowest BCUT2D eigenvalue weighted by Gasteiger charge is -2.35. The van der Waals surface area contributed by atoms with Gasteiger partial charge in [0.1, 0.15) is 5.82 Å². The molecule has 1 N–H and O–H groups in total. The molecule has 0 aliphatic carbocycles. The normalized spacial score (nSPS) is 14.4. The first-order chi connectivity index (χ1) is 13.1. The summed E-state index contributed by atoms with van der Waals surface area (Å²) in [6, 6.07) is 11.4. The van der Waals surface area contributed by atoms with E-state index in [1.807, 2.05) is 35.2 Å². The molecule has 3 heterocycles. The molecular formula is C19H17Cl2N5O. The van der Waals surface area contributed by atoms with Gasteiger partial charge in [-0.15, -0.1) is 0 Å². The number of halogens is 2. The van der Waals surface area contributed by atoms with Gasteiger partial charge in [0.15, 0.2) is 0 Å². The van der Waals surface area contributed by atoms with Crippen molar-refractivity contribution in [3.8, 4) is 11.3 Å². The number of aromatic nitrogens is 3. The number of amides is 1. The zero-order valence-electron chi connectivity index (χ0n) is 14.4. The fourth-order valence-electron chi connectivity index (χ4n) is 3.20. The lowest BCUT2D eigenvalue weighted by Crippen LogP contribution is -2.49. The standard InChI is InChI=1S/C19H17Cl2N5O/c20-14-10-16(21)18(22-11-14)25-6-8-26(9-7-25)19(27)15-12-23-24-17(15)13-4-2-1-3-5-13/h1-5,10-12H,6-9H2,(H,23,24). The third-order valence-electron chi connectivity index (χ3n) is 4.59. The molecule has 4 rings (SSSR count). The summed E-state index contributed by atoms with van der Waals surface area (Å²) in [7, 11) is 0. The monoisotopic (exact) mass is 401 g/mol. The molecule has 1 amide bonds. The molecule has 0 unspecified atom stereocenters. The van der Waals surface area contributed by atoms with Gasteiger partial charge in [-0.3, -0.25) is 9.89 Å². The quantitative estimate of drug-likeness (QED) is 0.725. The van der Waals surface area contributed by atoms with Gasteiger partial charge >= 0.3 is 0 Å². The number of nitrogens with one attached hydrogen (secondary N) is 1. The molecule has 0 radical (unpaired) electrons. The van der Waals surface area contributed by atoms with Crippen LogP contribution in [-0.2, 0) is 0 Å². The summed E-state index contributed by atoms with van der Waals surface area (Å²) < 4.78 is 0. The summed E-state index contributed by atoms with van der Waals surface area (Å²) >= 11 is 12.2. The smallest absolute Gasteiger partial charge is 0.257 e. The Balaban J connectivity index is 1.48. The summed E-state index contributed by atoms with van der Waals surface area (Å²) in [4.78, 5) is 21.2. The number of aromatic amines is 1. The Morgan fingerprint density at radius 3 is 2.48 bits per heavy atom. The molecule has 1 aliphatic rings. The van der Waals surface area contributed by atoms with Crippen molar-refractivity contribution >= 4 is 34.9 Å². The van der Waals surface area contributed by atoms with E-state index in [1.165, 1.54) is 0 Å². The second-order valence-corrected chi connectivity index (χ2v) is 7.11. The van der Waals surface area contributed by atoms with Gasteiger partial charge in [-0.25, -0.2) is 4.98 Å². The molecule has 1 saturated heterocycles. The van der Waals surface area contributed by atoms with E-state index in [1.54, 1.807) is 18.5 Å². The minimum absolute atomic E-state index is 0.0302. The Kier molecular flexibility index (Phi) is 5.01. The molecule has 138 valence electrons. The van der Waals surface area contributed by atoms with Gasteiger partial charge in [0.2, 0.25) is 0 Å². The Bertz CT molecular complexity index is 952. The summed E-state index contributed by atoms with van der Waals surface area (Å²) in [5.41, 5.74) is 2.26. The van der Waals surface area contributed by atoms with Crippen LogP contribution in [0.5, 0.6) is 0 Å². The highest BCUT2D eigenvalue weighted by atomic mass is 35.5. The van der Waals surface area contributed by atoms with Crippen LogP contribution in [0.1, 0.15) is 10.4 Å². The predicted octanol–water partition coefficient (Wildman–Crippen LogP) is 3.74. The summed E-state index contributed by atoms with van der Waals surface area (Å²) in [6.45, 7) is 2.47. The highest BCUT2D eigenvalue weighted by Crippen LogP contribution is 2.27. The van der Waals surface area contributed by atoms with Crippen LogP contribution in [-0.4, -0.2) is 52.2 Å². The number of benzene rings is 1. The maximum absolute atomic E-state index is 13.0. The average molecular weight is 402 g/mol. The van der Waals surface area contributed by atoms with Crippen molar-refractivity contribution in [2.24, 2.45) is 0 Å². The van der Waals surface area contributed by atoms with Crippen LogP contribution in [0, 0.1) is 0 Å². The van der Waals surface area contributed by atoms with E-state index in [9.17, 15) is 4.79 Å². The van der Waals surface area contributed by atoms with Crippen molar-refractivity contribution in [1.82, 2.24) is 20.1 Å². The zero-order valence-corrected chi connectivity index (χ0v) is 15.9. The van der Waals surface area contributed by atoms with Crippen LogP contribution < -0.4 is 4.90 Å². The number of hydrogen-bond acceptors (Lipinski definition) is 4. The molecule has 1 aliphatic heterocycles. The van der Waals surface area contributed by atoms with Crippen molar-refractivity contribution in [2.75, 3.05) is 31.1 Å². The fraction of sp³-hybridized carbons (Fsp3) is 0.211. The summed E-state index contributed by atoms with van der Waals surface area (Å²) in [6.07, 6.45) is 3.17. The Hall–Kier alpha value is -2.57. The van der Waals surface area contributed by atoms with Crippen LogP contribution in [0.3, 0.4) is 0 Å². The highest BCUT2D eigenvalue weighted by Gasteiger charge is 2.26. The third kappa shape index (κ3) is 3.63. The number of carbonyl (C=O) groups excluding carboxylic acids is 1. The molecule has 27 heavy (non-hydrogen) atoms. The fourth-order valence-corrected chi connectivity index (χ4v) is 3.70. The van der Waals surface area contributed by atoms with Gasteiger partial charge in [0.05, 0.1) is 27.5 Å². The molecule has 1 aromatic carbocycles. The topological polar surface area (TPSA) is 65.1 Å². The maximum atomic E-state index is 13.0. The number of rotatable bonds is 3. The van der Waals surface area contributed by atoms with E-state index in [4.69, 9.17) is 23.2 Å². The van der Waals surface area contributed by atoms with Gasteiger partial charge < -0.3 is 9.80 Å². The van der Waals surface area contributed by atoms with Crippen LogP contribution in [0.25, 0.3) is 11.3 Å². The lowest BCUT2D eigenvalue weighted by molar-refractivity contribution is 0.0747. The Morgan fingerprint density at radius 1 is 1.04 bits per heavy atom. The van der Waals surface area contributed by atoms with E-state index in [0.29, 0.717) is 47.6 Å². The number of hydrogen-bond donors (Lipinski definition) is 1. The van der Waals surface area contributed by atoms with Crippen molar-refractivity contribution < 1.29 is 4.79 Å². The number of carbonyl (C=O) groups is 1. The van der Waals surface area contributed by atoms with E-state index in [0.717, 1.165) is 11.3 Å². The number of piperazine rings is 1. The van der Waals surface area contributed by atoms with Gasteiger partial charge in [-0.1, -0.05) is 53.5 Å². The second-order valence-electron chi connectivity index (χ2n) is 6.26. The number of nitrogens with zero attached hydrogens (tertiary/aromatic N) is 4. The minimum atomic E-state index is -0.0302. The number of anilines is 1. The van der Waals surface area contributed by atoms with Crippen molar-refractivity contribution in [3.63, 3.8) is 0 Å². The zero-order chi connectivity index (χ0) is 18.8. The molecule has 0 spiro atoms. The SMILES string of the molecule is O=C(c1cn[nH]c1-c1ccccc1)N1CCN(c2ncc(Cl)cc2Cl)CC1.